The molecule has 0 amide bonds. The van der Waals surface area contributed by atoms with Crippen molar-refractivity contribution in [2.24, 2.45) is 10.4 Å². The van der Waals surface area contributed by atoms with Crippen LogP contribution >= 0.6 is 11.8 Å². The minimum Gasteiger partial charge on any atom is -0.359 e. The van der Waals surface area contributed by atoms with Crippen molar-refractivity contribution >= 4 is 16.9 Å². The van der Waals surface area contributed by atoms with Gasteiger partial charge in [0.2, 0.25) is 0 Å². The largest absolute Gasteiger partial charge is 0.359 e. The maximum atomic E-state index is 4.74. The highest BCUT2D eigenvalue weighted by molar-refractivity contribution is 8.13. The maximum Gasteiger partial charge on any atom is 0.156 e. The molecule has 0 atom stereocenters. The van der Waals surface area contributed by atoms with Gasteiger partial charge in [-0.25, -0.2) is 0 Å². The Labute approximate surface area is 118 Å². The van der Waals surface area contributed by atoms with Gasteiger partial charge in [-0.3, -0.25) is 4.99 Å². The fourth-order valence-electron chi connectivity index (χ4n) is 2.86. The molecule has 0 unspecified atom stereocenters. The third-order valence-corrected chi connectivity index (χ3v) is 5.34. The van der Waals surface area contributed by atoms with E-state index in [1.807, 2.05) is 23.9 Å². The van der Waals surface area contributed by atoms with Crippen LogP contribution in [0.15, 0.2) is 23.3 Å². The van der Waals surface area contributed by atoms with Gasteiger partial charge < -0.3 is 5.32 Å². The van der Waals surface area contributed by atoms with Crippen molar-refractivity contribution in [2.45, 2.75) is 38.6 Å². The smallest absolute Gasteiger partial charge is 0.156 e. The first-order chi connectivity index (χ1) is 9.36. The molecule has 0 saturated heterocycles. The van der Waals surface area contributed by atoms with Crippen LogP contribution in [0.1, 0.15) is 37.8 Å². The molecule has 0 bridgehead atoms. The topological polar surface area (TPSA) is 50.2 Å². The van der Waals surface area contributed by atoms with E-state index < -0.39 is 0 Å². The molecule has 0 aromatic carbocycles. The van der Waals surface area contributed by atoms with Crippen LogP contribution in [0.4, 0.5) is 0 Å². The number of rotatable bonds is 2. The lowest BCUT2D eigenvalue weighted by Crippen LogP contribution is -2.36. The van der Waals surface area contributed by atoms with Gasteiger partial charge in [0.25, 0.3) is 0 Å². The van der Waals surface area contributed by atoms with Crippen LogP contribution in [0.25, 0.3) is 0 Å². The number of hydrogen-bond donors (Lipinski definition) is 1. The highest BCUT2D eigenvalue weighted by atomic mass is 32.2. The number of aromatic nitrogens is 2. The number of amidine groups is 1. The summed E-state index contributed by atoms with van der Waals surface area (Å²) in [6.45, 7) is 1.72. The van der Waals surface area contributed by atoms with E-state index in [1.54, 1.807) is 6.20 Å². The third-order valence-electron chi connectivity index (χ3n) is 4.04. The van der Waals surface area contributed by atoms with E-state index in [2.05, 4.69) is 15.5 Å². The van der Waals surface area contributed by atoms with Gasteiger partial charge in [0.05, 0.1) is 12.2 Å². The normalized spacial score (nSPS) is 22.0. The van der Waals surface area contributed by atoms with Crippen LogP contribution in [-0.2, 0) is 6.54 Å². The zero-order valence-corrected chi connectivity index (χ0v) is 12.0. The van der Waals surface area contributed by atoms with Crippen LogP contribution in [0.3, 0.4) is 0 Å². The van der Waals surface area contributed by atoms with E-state index >= 15 is 0 Å². The molecule has 1 fully saturated rings. The summed E-state index contributed by atoms with van der Waals surface area (Å²) >= 11 is 1.88. The number of thioether (sulfide) groups is 1. The maximum absolute atomic E-state index is 4.74. The molecule has 1 N–H and O–H groups in total. The molecule has 3 rings (SSSR count). The predicted octanol–water partition coefficient (Wildman–Crippen LogP) is 2.62. The van der Waals surface area contributed by atoms with E-state index in [-0.39, 0.29) is 0 Å². The van der Waals surface area contributed by atoms with Gasteiger partial charge in [0, 0.05) is 18.5 Å². The van der Waals surface area contributed by atoms with Crippen LogP contribution in [0, 0.1) is 5.41 Å². The van der Waals surface area contributed by atoms with Crippen LogP contribution in [-0.4, -0.2) is 27.7 Å². The highest BCUT2D eigenvalue weighted by Gasteiger charge is 2.34. The average Bonchev–Trinajstić information content (AvgIpc) is 2.49. The number of aliphatic imine (C=N–C) groups is 1. The lowest BCUT2D eigenvalue weighted by atomic mass is 9.75. The fraction of sp³-hybridized carbons (Fsp3) is 0.643. The molecule has 1 spiro atoms. The number of hydrogen-bond acceptors (Lipinski definition) is 5. The molecule has 102 valence electrons. The van der Waals surface area contributed by atoms with E-state index in [0.717, 1.165) is 17.4 Å². The Hall–Kier alpha value is -1.10. The minimum absolute atomic E-state index is 0.501. The molecular formula is C14H20N4S. The molecule has 1 aromatic rings. The van der Waals surface area contributed by atoms with Crippen molar-refractivity contribution in [2.75, 3.05) is 12.3 Å². The van der Waals surface area contributed by atoms with Gasteiger partial charge in [-0.1, -0.05) is 31.0 Å². The molecule has 19 heavy (non-hydrogen) atoms. The number of nitrogens with zero attached hydrogens (tertiary/aromatic N) is 3. The standard InChI is InChI=1S/C14H20N4S/c1-2-6-14(7-3-1)10-16-13(19-11-14)15-9-12-5-4-8-17-18-12/h4-5,8H,1-3,6-7,9-11H2,(H,15,16). The SMILES string of the molecule is c1cnnc(CNC2=NCC3(CCCCC3)CS2)c1. The van der Waals surface area contributed by atoms with Gasteiger partial charge in [-0.05, 0) is 30.4 Å². The Kier molecular flexibility index (Phi) is 4.01. The van der Waals surface area contributed by atoms with E-state index in [1.165, 1.54) is 37.9 Å². The Morgan fingerprint density at radius 1 is 1.26 bits per heavy atom. The molecule has 4 nitrogen and oxygen atoms in total. The van der Waals surface area contributed by atoms with E-state index in [9.17, 15) is 0 Å². The molecule has 1 aliphatic heterocycles. The van der Waals surface area contributed by atoms with Crippen molar-refractivity contribution < 1.29 is 0 Å². The van der Waals surface area contributed by atoms with E-state index in [0.29, 0.717) is 12.0 Å². The molecule has 1 aromatic heterocycles. The van der Waals surface area contributed by atoms with Gasteiger partial charge in [0.1, 0.15) is 0 Å². The monoisotopic (exact) mass is 276 g/mol. The molecule has 1 aliphatic carbocycles. The Balaban J connectivity index is 1.53. The minimum atomic E-state index is 0.501. The van der Waals surface area contributed by atoms with Crippen molar-refractivity contribution in [3.8, 4) is 0 Å². The van der Waals surface area contributed by atoms with Crippen LogP contribution in [0.5, 0.6) is 0 Å². The predicted molar refractivity (Wildman–Crippen MR) is 79.1 cm³/mol. The summed E-state index contributed by atoms with van der Waals surface area (Å²) < 4.78 is 0. The second-order valence-corrected chi connectivity index (χ2v) is 6.50. The van der Waals surface area contributed by atoms with Crippen LogP contribution < -0.4 is 5.32 Å². The molecule has 2 heterocycles. The Morgan fingerprint density at radius 2 is 2.16 bits per heavy atom. The molecule has 5 heteroatoms. The first-order valence-electron chi connectivity index (χ1n) is 7.04. The summed E-state index contributed by atoms with van der Waals surface area (Å²) in [5, 5.41) is 12.4. The average molecular weight is 276 g/mol. The van der Waals surface area contributed by atoms with Crippen molar-refractivity contribution in [1.29, 1.82) is 0 Å². The first kappa shape index (κ1) is 12.9. The van der Waals surface area contributed by atoms with Gasteiger partial charge in [-0.2, -0.15) is 10.2 Å². The second-order valence-electron chi connectivity index (χ2n) is 5.54. The number of nitrogens with one attached hydrogen (secondary N) is 1. The fourth-order valence-corrected chi connectivity index (χ4v) is 4.01. The third kappa shape index (κ3) is 3.26. The van der Waals surface area contributed by atoms with Crippen molar-refractivity contribution in [3.63, 3.8) is 0 Å². The molecule has 1 saturated carbocycles. The zero-order valence-electron chi connectivity index (χ0n) is 11.1. The molecular weight excluding hydrogens is 256 g/mol. The lowest BCUT2D eigenvalue weighted by molar-refractivity contribution is 0.232. The second kappa shape index (κ2) is 5.90. The summed E-state index contributed by atoms with van der Waals surface area (Å²) in [7, 11) is 0. The Morgan fingerprint density at radius 3 is 2.84 bits per heavy atom. The first-order valence-corrected chi connectivity index (χ1v) is 8.03. The van der Waals surface area contributed by atoms with Gasteiger partial charge in [-0.15, -0.1) is 0 Å². The highest BCUT2D eigenvalue weighted by Crippen LogP contribution is 2.41. The van der Waals surface area contributed by atoms with Crippen molar-refractivity contribution in [3.05, 3.63) is 24.0 Å². The lowest BCUT2D eigenvalue weighted by Gasteiger charge is -2.38. The quantitative estimate of drug-likeness (QED) is 0.902. The zero-order chi connectivity index (χ0) is 13.0. The van der Waals surface area contributed by atoms with Gasteiger partial charge in [0.15, 0.2) is 5.17 Å². The Bertz CT molecular complexity index is 440. The summed E-state index contributed by atoms with van der Waals surface area (Å²) in [5.41, 5.74) is 1.46. The van der Waals surface area contributed by atoms with Gasteiger partial charge >= 0.3 is 0 Å². The summed E-state index contributed by atoms with van der Waals surface area (Å²) in [6, 6.07) is 3.90. The molecule has 0 radical (unpaired) electrons. The van der Waals surface area contributed by atoms with Crippen molar-refractivity contribution in [1.82, 2.24) is 15.5 Å². The molecule has 2 aliphatic rings. The van der Waals surface area contributed by atoms with Crippen LogP contribution in [0.2, 0.25) is 0 Å². The summed E-state index contributed by atoms with van der Waals surface area (Å²) in [4.78, 5) is 4.74. The summed E-state index contributed by atoms with van der Waals surface area (Å²) in [5.74, 6) is 1.22. The summed E-state index contributed by atoms with van der Waals surface area (Å²) in [6.07, 6.45) is 8.61. The van der Waals surface area contributed by atoms with E-state index in [4.69, 9.17) is 4.99 Å².